The minimum Gasteiger partial charge on any atom is -0.508 e. The number of fused-ring (bicyclic) bond motifs is 1. The molecule has 0 radical (unpaired) electrons. The number of nitrogens with zero attached hydrogens (tertiary/aromatic N) is 1. The number of unbranched alkanes of at least 4 members (excludes halogenated alkanes) is 1. The number of primary amides is 1. The average Bonchev–Trinajstić information content (AvgIpc) is 3.25. The zero-order valence-electron chi connectivity index (χ0n) is 25.0. The zero-order valence-corrected chi connectivity index (χ0v) is 25.7. The molecular formula is C31H40ClN5O7. The van der Waals surface area contributed by atoms with Crippen molar-refractivity contribution in [3.05, 3.63) is 64.3 Å². The molecule has 0 saturated heterocycles. The van der Waals surface area contributed by atoms with Gasteiger partial charge in [0.15, 0.2) is 0 Å². The Hall–Kier alpha value is -3.97. The van der Waals surface area contributed by atoms with Crippen molar-refractivity contribution in [1.82, 2.24) is 20.5 Å². The van der Waals surface area contributed by atoms with Crippen LogP contribution >= 0.6 is 11.6 Å². The lowest BCUT2D eigenvalue weighted by Gasteiger charge is -2.12. The molecule has 12 nitrogen and oxygen atoms in total. The third-order valence-electron chi connectivity index (χ3n) is 7.06. The molecule has 238 valence electrons. The Morgan fingerprint density at radius 3 is 2.36 bits per heavy atom. The van der Waals surface area contributed by atoms with Crippen LogP contribution in [0.2, 0.25) is 5.02 Å². The van der Waals surface area contributed by atoms with Crippen LogP contribution in [0.15, 0.2) is 42.5 Å². The summed E-state index contributed by atoms with van der Waals surface area (Å²) >= 11 is 5.97. The molecule has 3 amide bonds. The number of phenolic OH excluding ortho intramolecular Hbond substituents is 1. The Balaban J connectivity index is 1.37. The zero-order chi connectivity index (χ0) is 32.1. The van der Waals surface area contributed by atoms with Crippen LogP contribution in [0.5, 0.6) is 5.75 Å². The van der Waals surface area contributed by atoms with Crippen molar-refractivity contribution in [3.8, 4) is 5.75 Å². The summed E-state index contributed by atoms with van der Waals surface area (Å²) in [5.41, 5.74) is 7.54. The summed E-state index contributed by atoms with van der Waals surface area (Å²) in [5.74, 6) is -1.13. The maximum absolute atomic E-state index is 13.3. The van der Waals surface area contributed by atoms with E-state index in [-0.39, 0.29) is 68.9 Å². The number of rotatable bonds is 18. The van der Waals surface area contributed by atoms with Crippen molar-refractivity contribution in [3.63, 3.8) is 0 Å². The minimum atomic E-state index is -0.392. The summed E-state index contributed by atoms with van der Waals surface area (Å²) in [7, 11) is 1.68. The molecule has 1 heterocycles. The number of aromatic nitrogens is 1. The van der Waals surface area contributed by atoms with Gasteiger partial charge in [-0.3, -0.25) is 23.7 Å². The normalized spacial score (nSPS) is 11.8. The van der Waals surface area contributed by atoms with Crippen LogP contribution in [0.3, 0.4) is 0 Å². The van der Waals surface area contributed by atoms with Gasteiger partial charge in [-0.1, -0.05) is 11.6 Å². The summed E-state index contributed by atoms with van der Waals surface area (Å²) in [6.45, 7) is 3.13. The summed E-state index contributed by atoms with van der Waals surface area (Å²) in [5, 5.41) is 19.6. The second-order valence-electron chi connectivity index (χ2n) is 10.2. The van der Waals surface area contributed by atoms with Gasteiger partial charge in [-0.05, 0) is 81.3 Å². The van der Waals surface area contributed by atoms with E-state index in [9.17, 15) is 24.3 Å². The lowest BCUT2D eigenvalue weighted by molar-refractivity contribution is -0.126. The number of aromatic hydroxyl groups is 1. The number of carbonyl (C=O) groups excluding carboxylic acids is 4. The number of carbonyl (C=O) groups is 4. The van der Waals surface area contributed by atoms with E-state index in [1.165, 1.54) is 10.6 Å². The third-order valence-corrected chi connectivity index (χ3v) is 7.31. The summed E-state index contributed by atoms with van der Waals surface area (Å²) in [6, 6.07) is 10.9. The van der Waals surface area contributed by atoms with E-state index >= 15 is 0 Å². The number of ether oxygens (including phenoxy) is 2. The lowest BCUT2D eigenvalue weighted by Crippen LogP contribution is -2.39. The highest BCUT2D eigenvalue weighted by molar-refractivity contribution is 6.30. The van der Waals surface area contributed by atoms with E-state index in [0.29, 0.717) is 45.7 Å². The molecule has 0 unspecified atom stereocenters. The van der Waals surface area contributed by atoms with E-state index < -0.39 is 5.91 Å². The Labute approximate surface area is 261 Å². The molecular weight excluding hydrogens is 590 g/mol. The molecule has 0 spiro atoms. The van der Waals surface area contributed by atoms with E-state index in [1.807, 2.05) is 0 Å². The second-order valence-corrected chi connectivity index (χ2v) is 10.6. The van der Waals surface area contributed by atoms with Crippen molar-refractivity contribution in [2.75, 3.05) is 46.6 Å². The number of amides is 3. The highest BCUT2D eigenvalue weighted by Gasteiger charge is 2.22. The monoisotopic (exact) mass is 629 g/mol. The number of benzene rings is 2. The van der Waals surface area contributed by atoms with Gasteiger partial charge in [0.2, 0.25) is 17.7 Å². The van der Waals surface area contributed by atoms with Crippen LogP contribution in [0, 0.1) is 6.92 Å². The van der Waals surface area contributed by atoms with Gasteiger partial charge in [0.1, 0.15) is 12.4 Å². The first-order valence-corrected chi connectivity index (χ1v) is 14.8. The first-order valence-electron chi connectivity index (χ1n) is 14.4. The molecule has 0 saturated carbocycles. The smallest absolute Gasteiger partial charge is 0.262 e. The molecule has 13 heteroatoms. The molecule has 1 atom stereocenters. The third kappa shape index (κ3) is 10.1. The number of halogens is 1. The van der Waals surface area contributed by atoms with Crippen LogP contribution in [-0.2, 0) is 30.3 Å². The second kappa shape index (κ2) is 17.4. The van der Waals surface area contributed by atoms with Crippen LogP contribution < -0.4 is 21.7 Å². The van der Waals surface area contributed by atoms with Gasteiger partial charge in [-0.15, -0.1) is 0 Å². The number of hydrogen-bond donors (Lipinski definition) is 5. The number of nitrogens with one attached hydrogen (secondary N) is 3. The highest BCUT2D eigenvalue weighted by atomic mass is 35.5. The van der Waals surface area contributed by atoms with Crippen molar-refractivity contribution in [1.29, 1.82) is 0 Å². The molecule has 0 fully saturated rings. The number of phenols is 1. The molecule has 0 aliphatic rings. The van der Waals surface area contributed by atoms with E-state index in [4.69, 9.17) is 26.8 Å². The molecule has 6 N–H and O–H groups in total. The summed E-state index contributed by atoms with van der Waals surface area (Å²) in [4.78, 5) is 49.2. The quantitative estimate of drug-likeness (QED) is 0.133. The standard InChI is InChI=1S/C31H40ClN5O7/c1-20-24(25-17-23(38)10-11-27(25)37(20)31(42)21-6-8-22(32)9-7-21)18-28(39)36-13-14-43-15-16-44-19-29(40)35-12-4-3-5-26(34-2)30(33)41/h6-11,17,26,34,38H,3-5,12-16,18-19H2,1-2H3,(H2,33,41)(H,35,40)(H,36,39)/t26-/m0/s1. The fraction of sp³-hybridized carbons (Fsp3) is 0.419. The van der Waals surface area contributed by atoms with Crippen LogP contribution in [0.4, 0.5) is 0 Å². The van der Waals surface area contributed by atoms with E-state index in [0.717, 1.165) is 12.8 Å². The fourth-order valence-electron chi connectivity index (χ4n) is 4.73. The maximum Gasteiger partial charge on any atom is 0.262 e. The van der Waals surface area contributed by atoms with Gasteiger partial charge in [-0.2, -0.15) is 0 Å². The fourth-order valence-corrected chi connectivity index (χ4v) is 4.86. The highest BCUT2D eigenvalue weighted by Crippen LogP contribution is 2.30. The molecule has 44 heavy (non-hydrogen) atoms. The van der Waals surface area contributed by atoms with Crippen molar-refractivity contribution >= 4 is 46.1 Å². The van der Waals surface area contributed by atoms with E-state index in [2.05, 4.69) is 16.0 Å². The summed E-state index contributed by atoms with van der Waals surface area (Å²) < 4.78 is 12.3. The van der Waals surface area contributed by atoms with Gasteiger partial charge in [0.25, 0.3) is 5.91 Å². The summed E-state index contributed by atoms with van der Waals surface area (Å²) in [6.07, 6.45) is 2.08. The first-order chi connectivity index (χ1) is 21.1. The first kappa shape index (κ1) is 34.5. The Morgan fingerprint density at radius 1 is 0.955 bits per heavy atom. The largest absolute Gasteiger partial charge is 0.508 e. The van der Waals surface area contributed by atoms with Crippen molar-refractivity contribution in [2.45, 2.75) is 38.6 Å². The predicted octanol–water partition coefficient (Wildman–Crippen LogP) is 2.05. The number of hydrogen-bond acceptors (Lipinski definition) is 8. The maximum atomic E-state index is 13.3. The van der Waals surface area contributed by atoms with Gasteiger partial charge < -0.3 is 36.3 Å². The van der Waals surface area contributed by atoms with Gasteiger partial charge >= 0.3 is 0 Å². The Morgan fingerprint density at radius 2 is 1.66 bits per heavy atom. The Bertz CT molecular complexity index is 1440. The molecule has 3 rings (SSSR count). The van der Waals surface area contributed by atoms with Gasteiger partial charge in [0, 0.05) is 34.8 Å². The SMILES string of the molecule is CN[C@@H](CCCCNC(=O)COCCOCCNC(=O)Cc1c(C)n(C(=O)c2ccc(Cl)cc2)c2ccc(O)cc12)C(N)=O. The van der Waals surface area contributed by atoms with Gasteiger partial charge in [-0.25, -0.2) is 0 Å². The molecule has 3 aromatic rings. The topological polar surface area (TPSA) is 174 Å². The van der Waals surface area contributed by atoms with Crippen LogP contribution in [0.25, 0.3) is 10.9 Å². The Kier molecular flexibility index (Phi) is 13.6. The van der Waals surface area contributed by atoms with E-state index in [1.54, 1.807) is 50.4 Å². The van der Waals surface area contributed by atoms with Crippen LogP contribution in [-0.4, -0.2) is 85.9 Å². The van der Waals surface area contributed by atoms with Crippen molar-refractivity contribution < 1.29 is 33.8 Å². The minimum absolute atomic E-state index is 0.00608. The lowest BCUT2D eigenvalue weighted by atomic mass is 10.1. The molecule has 0 aliphatic carbocycles. The molecule has 1 aromatic heterocycles. The van der Waals surface area contributed by atoms with Crippen LogP contribution in [0.1, 0.15) is 40.9 Å². The van der Waals surface area contributed by atoms with Crippen molar-refractivity contribution in [2.24, 2.45) is 5.73 Å². The average molecular weight is 630 g/mol. The molecule has 0 aliphatic heterocycles. The number of nitrogens with two attached hydrogens (primary N) is 1. The van der Waals surface area contributed by atoms with Gasteiger partial charge in [0.05, 0.1) is 37.8 Å². The number of likely N-dealkylation sites (N-methyl/N-ethyl adjacent to an activating group) is 1. The molecule has 0 bridgehead atoms. The predicted molar refractivity (Wildman–Crippen MR) is 167 cm³/mol. The molecule has 2 aromatic carbocycles.